The minimum absolute atomic E-state index is 0.0385. The Labute approximate surface area is 160 Å². The summed E-state index contributed by atoms with van der Waals surface area (Å²) in [5, 5.41) is 27.4. The van der Waals surface area contributed by atoms with Crippen molar-refractivity contribution >= 4 is 34.4 Å². The molecule has 0 spiro atoms. The van der Waals surface area contributed by atoms with Gasteiger partial charge >= 0.3 is 0 Å². The highest BCUT2D eigenvalue weighted by Crippen LogP contribution is 2.22. The van der Waals surface area contributed by atoms with Gasteiger partial charge < -0.3 is 31.4 Å². The van der Waals surface area contributed by atoms with E-state index in [1.165, 1.54) is 0 Å². The zero-order valence-corrected chi connectivity index (χ0v) is 15.3. The Morgan fingerprint density at radius 2 is 2.32 bits per heavy atom. The SMILES string of the molecule is Cn1ccc2cc(Nc3nc(N[C@H]4CN[C@@H](CO)C4)nnc3C(N)=O)cnc21. The van der Waals surface area contributed by atoms with E-state index in [9.17, 15) is 9.90 Å². The molecule has 0 unspecified atom stereocenters. The number of nitrogens with zero attached hydrogens (tertiary/aromatic N) is 5. The molecule has 11 heteroatoms. The normalized spacial score (nSPS) is 19.1. The molecule has 0 aliphatic carbocycles. The van der Waals surface area contributed by atoms with E-state index in [-0.39, 0.29) is 36.2 Å². The van der Waals surface area contributed by atoms with Crippen LogP contribution < -0.4 is 21.7 Å². The number of hydrogen-bond donors (Lipinski definition) is 5. The average Bonchev–Trinajstić information content (AvgIpc) is 3.28. The quantitative estimate of drug-likeness (QED) is 0.387. The van der Waals surface area contributed by atoms with Crippen LogP contribution in [0.4, 0.5) is 17.5 Å². The lowest BCUT2D eigenvalue weighted by molar-refractivity contribution is 0.0995. The van der Waals surface area contributed by atoms with Gasteiger partial charge in [0.05, 0.1) is 18.5 Å². The van der Waals surface area contributed by atoms with Crippen LogP contribution in [-0.4, -0.2) is 61.0 Å². The predicted molar refractivity (Wildman–Crippen MR) is 103 cm³/mol. The van der Waals surface area contributed by atoms with Gasteiger partial charge in [0, 0.05) is 37.3 Å². The number of rotatable bonds is 6. The van der Waals surface area contributed by atoms with Gasteiger partial charge in [-0.2, -0.15) is 4.98 Å². The Morgan fingerprint density at radius 1 is 1.46 bits per heavy atom. The van der Waals surface area contributed by atoms with Gasteiger partial charge in [-0.25, -0.2) is 4.98 Å². The van der Waals surface area contributed by atoms with Crippen LogP contribution in [0.15, 0.2) is 24.5 Å². The number of aliphatic hydroxyl groups excluding tert-OH is 1. The summed E-state index contributed by atoms with van der Waals surface area (Å²) in [6.45, 7) is 0.739. The van der Waals surface area contributed by atoms with Crippen molar-refractivity contribution < 1.29 is 9.90 Å². The van der Waals surface area contributed by atoms with E-state index in [0.717, 1.165) is 17.5 Å². The van der Waals surface area contributed by atoms with Crippen molar-refractivity contribution in [3.05, 3.63) is 30.2 Å². The molecule has 6 N–H and O–H groups in total. The molecular formula is C17H21N9O2. The molecule has 4 heterocycles. The predicted octanol–water partition coefficient (Wildman–Crippen LogP) is -0.264. The van der Waals surface area contributed by atoms with E-state index in [1.807, 2.05) is 29.9 Å². The van der Waals surface area contributed by atoms with Gasteiger partial charge in [0.15, 0.2) is 11.5 Å². The zero-order valence-electron chi connectivity index (χ0n) is 15.3. The van der Waals surface area contributed by atoms with E-state index in [4.69, 9.17) is 5.73 Å². The third-order valence-electron chi connectivity index (χ3n) is 4.67. The van der Waals surface area contributed by atoms with Gasteiger partial charge in [0.25, 0.3) is 5.91 Å². The number of fused-ring (bicyclic) bond motifs is 1. The third-order valence-corrected chi connectivity index (χ3v) is 4.67. The molecule has 3 aromatic heterocycles. The highest BCUT2D eigenvalue weighted by Gasteiger charge is 2.24. The summed E-state index contributed by atoms with van der Waals surface area (Å²) in [7, 11) is 1.92. The maximum Gasteiger partial charge on any atom is 0.273 e. The lowest BCUT2D eigenvalue weighted by Gasteiger charge is -2.13. The first-order valence-corrected chi connectivity index (χ1v) is 8.87. The summed E-state index contributed by atoms with van der Waals surface area (Å²) < 4.78 is 1.91. The number of aromatic nitrogens is 5. The van der Waals surface area contributed by atoms with Gasteiger partial charge in [-0.1, -0.05) is 0 Å². The molecule has 1 aliphatic heterocycles. The molecule has 0 saturated carbocycles. The number of hydrogen-bond acceptors (Lipinski definition) is 9. The second-order valence-corrected chi connectivity index (χ2v) is 6.75. The smallest absolute Gasteiger partial charge is 0.273 e. The number of carbonyl (C=O) groups is 1. The van der Waals surface area contributed by atoms with Crippen LogP contribution in [0.25, 0.3) is 11.0 Å². The highest BCUT2D eigenvalue weighted by molar-refractivity contribution is 5.96. The van der Waals surface area contributed by atoms with Gasteiger partial charge in [0.2, 0.25) is 5.95 Å². The molecule has 1 saturated heterocycles. The van der Waals surface area contributed by atoms with Crippen LogP contribution >= 0.6 is 0 Å². The second kappa shape index (κ2) is 7.37. The zero-order chi connectivity index (χ0) is 19.7. The number of aliphatic hydroxyl groups is 1. The van der Waals surface area contributed by atoms with Crippen LogP contribution in [0.2, 0.25) is 0 Å². The molecule has 2 atom stereocenters. The van der Waals surface area contributed by atoms with Crippen molar-refractivity contribution in [2.45, 2.75) is 18.5 Å². The largest absolute Gasteiger partial charge is 0.395 e. The summed E-state index contributed by atoms with van der Waals surface area (Å²) >= 11 is 0. The molecule has 0 bridgehead atoms. The molecule has 146 valence electrons. The van der Waals surface area contributed by atoms with E-state index in [0.29, 0.717) is 12.2 Å². The second-order valence-electron chi connectivity index (χ2n) is 6.75. The minimum Gasteiger partial charge on any atom is -0.395 e. The number of aryl methyl sites for hydroxylation is 1. The molecular weight excluding hydrogens is 362 g/mol. The Hall–Kier alpha value is -3.31. The summed E-state index contributed by atoms with van der Waals surface area (Å²) in [4.78, 5) is 20.5. The Kier molecular flexibility index (Phi) is 4.75. The Bertz CT molecular complexity index is 1020. The van der Waals surface area contributed by atoms with Crippen molar-refractivity contribution in [2.24, 2.45) is 12.8 Å². The number of nitrogens with two attached hydrogens (primary N) is 1. The third kappa shape index (κ3) is 3.57. The minimum atomic E-state index is -0.731. The maximum atomic E-state index is 11.7. The maximum absolute atomic E-state index is 11.7. The van der Waals surface area contributed by atoms with E-state index in [1.54, 1.807) is 6.20 Å². The van der Waals surface area contributed by atoms with Crippen molar-refractivity contribution in [1.82, 2.24) is 30.0 Å². The number of carbonyl (C=O) groups excluding carboxylic acids is 1. The van der Waals surface area contributed by atoms with Crippen molar-refractivity contribution in [1.29, 1.82) is 0 Å². The molecule has 28 heavy (non-hydrogen) atoms. The Morgan fingerprint density at radius 3 is 3.07 bits per heavy atom. The van der Waals surface area contributed by atoms with Gasteiger partial charge in [0.1, 0.15) is 5.65 Å². The summed E-state index contributed by atoms with van der Waals surface area (Å²) in [5.41, 5.74) is 6.85. The summed E-state index contributed by atoms with van der Waals surface area (Å²) in [6.07, 6.45) is 4.30. The van der Waals surface area contributed by atoms with Crippen molar-refractivity contribution in [3.63, 3.8) is 0 Å². The highest BCUT2D eigenvalue weighted by atomic mass is 16.3. The molecule has 11 nitrogen and oxygen atoms in total. The topological polar surface area (TPSA) is 156 Å². The van der Waals surface area contributed by atoms with Crippen LogP contribution in [0.1, 0.15) is 16.9 Å². The van der Waals surface area contributed by atoms with Gasteiger partial charge in [-0.15, -0.1) is 10.2 Å². The van der Waals surface area contributed by atoms with Crippen LogP contribution in [0.3, 0.4) is 0 Å². The lowest BCUT2D eigenvalue weighted by Crippen LogP contribution is -2.26. The molecule has 3 aromatic rings. The fourth-order valence-electron chi connectivity index (χ4n) is 3.25. The van der Waals surface area contributed by atoms with Crippen LogP contribution in [0, 0.1) is 0 Å². The molecule has 1 amide bonds. The number of amides is 1. The number of pyridine rings is 1. The number of primary amides is 1. The monoisotopic (exact) mass is 383 g/mol. The van der Waals surface area contributed by atoms with Crippen molar-refractivity contribution in [2.75, 3.05) is 23.8 Å². The first kappa shape index (κ1) is 18.1. The molecule has 0 aromatic carbocycles. The van der Waals surface area contributed by atoms with E-state index in [2.05, 4.69) is 36.1 Å². The lowest BCUT2D eigenvalue weighted by atomic mass is 10.2. The molecule has 4 rings (SSSR count). The fourth-order valence-corrected chi connectivity index (χ4v) is 3.25. The van der Waals surface area contributed by atoms with Crippen LogP contribution in [-0.2, 0) is 7.05 Å². The standard InChI is InChI=1S/C17H21N9O2/c1-26-3-2-9-4-10(7-20-16(9)26)21-15-13(14(18)28)24-25-17(23-15)22-11-5-12(8-27)19-6-11/h2-4,7,11-12,19,27H,5-6,8H2,1H3,(H2,18,28)(H2,21,22,23,25)/t11-,12-/m1/s1. The van der Waals surface area contributed by atoms with Gasteiger partial charge in [-0.05, 0) is 18.6 Å². The first-order chi connectivity index (χ1) is 13.5. The summed E-state index contributed by atoms with van der Waals surface area (Å²) in [5.74, 6) is -0.260. The van der Waals surface area contributed by atoms with Crippen molar-refractivity contribution in [3.8, 4) is 0 Å². The average molecular weight is 383 g/mol. The number of nitrogens with one attached hydrogen (secondary N) is 3. The van der Waals surface area contributed by atoms with E-state index < -0.39 is 5.91 Å². The molecule has 1 aliphatic rings. The van der Waals surface area contributed by atoms with Crippen LogP contribution in [0.5, 0.6) is 0 Å². The Balaban J connectivity index is 1.59. The first-order valence-electron chi connectivity index (χ1n) is 8.87. The van der Waals surface area contributed by atoms with E-state index >= 15 is 0 Å². The summed E-state index contributed by atoms with van der Waals surface area (Å²) in [6, 6.07) is 3.93. The fraction of sp³-hybridized carbons (Fsp3) is 0.353. The number of anilines is 3. The van der Waals surface area contributed by atoms with Gasteiger partial charge in [-0.3, -0.25) is 4.79 Å². The molecule has 0 radical (unpaired) electrons. The molecule has 1 fully saturated rings.